The maximum absolute atomic E-state index is 5.45. The summed E-state index contributed by atoms with van der Waals surface area (Å²) >= 11 is 3.36. The first kappa shape index (κ1) is 13.9. The molecule has 2 aromatic heterocycles. The fourth-order valence-corrected chi connectivity index (χ4v) is 1.95. The normalized spacial score (nSPS) is 10.8. The average Bonchev–Trinajstić information content (AvgIpc) is 2.38. The molecule has 0 saturated heterocycles. The number of aromatic nitrogens is 3. The van der Waals surface area contributed by atoms with Crippen molar-refractivity contribution >= 4 is 21.7 Å². The molecule has 0 aromatic carbocycles. The van der Waals surface area contributed by atoms with E-state index < -0.39 is 0 Å². The van der Waals surface area contributed by atoms with Crippen LogP contribution in [0.1, 0.15) is 19.5 Å². The monoisotopic (exact) mass is 321 g/mol. The molecule has 0 saturated carbocycles. The van der Waals surface area contributed by atoms with Gasteiger partial charge in [-0.1, -0.05) is 13.8 Å². The smallest absolute Gasteiger partial charge is 0.180 e. The lowest BCUT2D eigenvalue weighted by Gasteiger charge is -2.09. The summed E-state index contributed by atoms with van der Waals surface area (Å²) in [6, 6.07) is 5.65. The Morgan fingerprint density at radius 1 is 1.32 bits per heavy atom. The standard InChI is InChI=1S/C13H16BrN5/c1-8(2)5-10-6-12(19-15)18-13(17-10)11-4-3-9(14)7-16-11/h3-4,6-8H,5,15H2,1-2H3,(H,17,18,19). The highest BCUT2D eigenvalue weighted by atomic mass is 79.9. The van der Waals surface area contributed by atoms with Gasteiger partial charge in [0.05, 0.1) is 0 Å². The molecule has 0 aliphatic rings. The first-order valence-electron chi connectivity index (χ1n) is 6.05. The molecule has 0 amide bonds. The lowest BCUT2D eigenvalue weighted by Crippen LogP contribution is -2.11. The average molecular weight is 322 g/mol. The maximum Gasteiger partial charge on any atom is 0.180 e. The van der Waals surface area contributed by atoms with Crippen LogP contribution in [0.25, 0.3) is 11.5 Å². The lowest BCUT2D eigenvalue weighted by atomic mass is 10.1. The topological polar surface area (TPSA) is 76.7 Å². The fraction of sp³-hybridized carbons (Fsp3) is 0.308. The van der Waals surface area contributed by atoms with E-state index in [-0.39, 0.29) is 0 Å². The molecule has 0 unspecified atom stereocenters. The van der Waals surface area contributed by atoms with Gasteiger partial charge in [-0.05, 0) is 40.4 Å². The molecular formula is C13H16BrN5. The fourth-order valence-electron chi connectivity index (χ4n) is 1.72. The molecule has 100 valence electrons. The van der Waals surface area contributed by atoms with Crippen LogP contribution in [-0.2, 0) is 6.42 Å². The minimum absolute atomic E-state index is 0.520. The van der Waals surface area contributed by atoms with Crippen LogP contribution in [0.2, 0.25) is 0 Å². The van der Waals surface area contributed by atoms with Crippen LogP contribution in [0.5, 0.6) is 0 Å². The second-order valence-corrected chi connectivity index (χ2v) is 5.59. The van der Waals surface area contributed by atoms with Crippen LogP contribution in [0.4, 0.5) is 5.82 Å². The number of nitrogens with two attached hydrogens (primary N) is 1. The number of nitrogens with one attached hydrogen (secondary N) is 1. The number of pyridine rings is 1. The van der Waals surface area contributed by atoms with Gasteiger partial charge in [-0.15, -0.1) is 0 Å². The van der Waals surface area contributed by atoms with Crippen molar-refractivity contribution in [2.75, 3.05) is 5.43 Å². The van der Waals surface area contributed by atoms with Gasteiger partial charge in [0.1, 0.15) is 11.5 Å². The number of rotatable bonds is 4. The number of halogens is 1. The molecule has 0 fully saturated rings. The molecule has 0 aliphatic carbocycles. The molecule has 0 aliphatic heterocycles. The molecule has 5 nitrogen and oxygen atoms in total. The molecule has 0 bridgehead atoms. The summed E-state index contributed by atoms with van der Waals surface area (Å²) in [7, 11) is 0. The summed E-state index contributed by atoms with van der Waals surface area (Å²) in [5, 5.41) is 0. The Balaban J connectivity index is 2.41. The Hall–Kier alpha value is -1.53. The number of nitrogens with zero attached hydrogens (tertiary/aromatic N) is 3. The van der Waals surface area contributed by atoms with E-state index in [0.29, 0.717) is 17.6 Å². The number of hydrazine groups is 1. The largest absolute Gasteiger partial charge is 0.308 e. The molecule has 6 heteroatoms. The summed E-state index contributed by atoms with van der Waals surface area (Å²) < 4.78 is 0.923. The zero-order chi connectivity index (χ0) is 13.8. The lowest BCUT2D eigenvalue weighted by molar-refractivity contribution is 0.634. The molecule has 3 N–H and O–H groups in total. The molecule has 19 heavy (non-hydrogen) atoms. The SMILES string of the molecule is CC(C)Cc1cc(NN)nc(-c2ccc(Br)cn2)n1. The van der Waals surface area contributed by atoms with Crippen LogP contribution in [0, 0.1) is 5.92 Å². The Bertz CT molecular complexity index is 553. The first-order chi connectivity index (χ1) is 9.08. The van der Waals surface area contributed by atoms with Gasteiger partial charge < -0.3 is 5.43 Å². The third-order valence-corrected chi connectivity index (χ3v) is 2.97. The third-order valence-electron chi connectivity index (χ3n) is 2.50. The third kappa shape index (κ3) is 3.71. The Morgan fingerprint density at radius 2 is 2.11 bits per heavy atom. The summed E-state index contributed by atoms with van der Waals surface area (Å²) in [5.74, 6) is 7.16. The Labute approximate surface area is 120 Å². The Morgan fingerprint density at radius 3 is 2.68 bits per heavy atom. The van der Waals surface area contributed by atoms with Crippen molar-refractivity contribution in [3.63, 3.8) is 0 Å². The first-order valence-corrected chi connectivity index (χ1v) is 6.84. The van der Waals surface area contributed by atoms with E-state index in [0.717, 1.165) is 22.3 Å². The predicted octanol–water partition coefficient (Wildman–Crippen LogP) is 2.79. The van der Waals surface area contributed by atoms with E-state index >= 15 is 0 Å². The van der Waals surface area contributed by atoms with E-state index in [4.69, 9.17) is 5.84 Å². The van der Waals surface area contributed by atoms with Crippen LogP contribution in [0.15, 0.2) is 28.9 Å². The van der Waals surface area contributed by atoms with Gasteiger partial charge in [0.15, 0.2) is 5.82 Å². The summed E-state index contributed by atoms with van der Waals surface area (Å²) in [5.41, 5.74) is 4.26. The van der Waals surface area contributed by atoms with E-state index in [2.05, 4.69) is 50.2 Å². The van der Waals surface area contributed by atoms with E-state index in [1.54, 1.807) is 6.20 Å². The van der Waals surface area contributed by atoms with Gasteiger partial charge in [-0.25, -0.2) is 15.8 Å². The van der Waals surface area contributed by atoms with Crippen molar-refractivity contribution < 1.29 is 0 Å². The van der Waals surface area contributed by atoms with Gasteiger partial charge in [0.25, 0.3) is 0 Å². The van der Waals surface area contributed by atoms with Crippen molar-refractivity contribution in [2.24, 2.45) is 11.8 Å². The number of hydrogen-bond acceptors (Lipinski definition) is 5. The van der Waals surface area contributed by atoms with Crippen molar-refractivity contribution in [3.05, 3.63) is 34.6 Å². The van der Waals surface area contributed by atoms with Crippen molar-refractivity contribution in [1.29, 1.82) is 0 Å². The van der Waals surface area contributed by atoms with Crippen LogP contribution in [-0.4, -0.2) is 15.0 Å². The molecule has 0 atom stereocenters. The Kier molecular flexibility index (Phi) is 4.44. The van der Waals surface area contributed by atoms with E-state index in [1.807, 2.05) is 18.2 Å². The van der Waals surface area contributed by atoms with Gasteiger partial charge in [-0.2, -0.15) is 0 Å². The maximum atomic E-state index is 5.45. The molecule has 2 heterocycles. The molecule has 0 radical (unpaired) electrons. The number of anilines is 1. The quantitative estimate of drug-likeness (QED) is 0.669. The molecule has 0 spiro atoms. The van der Waals surface area contributed by atoms with Gasteiger partial charge in [0, 0.05) is 22.4 Å². The van der Waals surface area contributed by atoms with Crippen molar-refractivity contribution in [2.45, 2.75) is 20.3 Å². The molecular weight excluding hydrogens is 306 g/mol. The zero-order valence-electron chi connectivity index (χ0n) is 10.9. The number of hydrogen-bond donors (Lipinski definition) is 2. The second kappa shape index (κ2) is 6.08. The van der Waals surface area contributed by atoms with Crippen molar-refractivity contribution in [1.82, 2.24) is 15.0 Å². The van der Waals surface area contributed by atoms with Crippen LogP contribution in [0.3, 0.4) is 0 Å². The number of nitrogen functional groups attached to an aromatic ring is 1. The molecule has 2 rings (SSSR count). The van der Waals surface area contributed by atoms with E-state index in [9.17, 15) is 0 Å². The van der Waals surface area contributed by atoms with Crippen LogP contribution < -0.4 is 11.3 Å². The molecule has 2 aromatic rings. The minimum atomic E-state index is 0.520. The van der Waals surface area contributed by atoms with Gasteiger partial charge in [-0.3, -0.25) is 4.98 Å². The highest BCUT2D eigenvalue weighted by molar-refractivity contribution is 9.10. The van der Waals surface area contributed by atoms with Gasteiger partial charge >= 0.3 is 0 Å². The van der Waals surface area contributed by atoms with Crippen molar-refractivity contribution in [3.8, 4) is 11.5 Å². The highest BCUT2D eigenvalue weighted by Gasteiger charge is 2.09. The van der Waals surface area contributed by atoms with Gasteiger partial charge in [0.2, 0.25) is 0 Å². The zero-order valence-corrected chi connectivity index (χ0v) is 12.5. The van der Waals surface area contributed by atoms with Crippen LogP contribution >= 0.6 is 15.9 Å². The second-order valence-electron chi connectivity index (χ2n) is 4.67. The highest BCUT2D eigenvalue weighted by Crippen LogP contribution is 2.19. The van der Waals surface area contributed by atoms with E-state index in [1.165, 1.54) is 0 Å². The minimum Gasteiger partial charge on any atom is -0.308 e. The summed E-state index contributed by atoms with van der Waals surface area (Å²) in [4.78, 5) is 13.2. The summed E-state index contributed by atoms with van der Waals surface area (Å²) in [6.07, 6.45) is 2.60. The summed E-state index contributed by atoms with van der Waals surface area (Å²) in [6.45, 7) is 4.30. The predicted molar refractivity (Wildman–Crippen MR) is 79.3 cm³/mol.